The lowest BCUT2D eigenvalue weighted by atomic mass is 10.1. The highest BCUT2D eigenvalue weighted by molar-refractivity contribution is 8.00. The first-order valence-corrected chi connectivity index (χ1v) is 9.75. The van der Waals surface area contributed by atoms with Crippen molar-refractivity contribution in [3.8, 4) is 17.2 Å². The number of alkyl halides is 3. The van der Waals surface area contributed by atoms with Crippen molar-refractivity contribution >= 4 is 17.7 Å². The lowest BCUT2D eigenvalue weighted by molar-refractivity contribution is -0.117. The first-order valence-electron chi connectivity index (χ1n) is 8.93. The molecule has 30 heavy (non-hydrogen) atoms. The van der Waals surface area contributed by atoms with Crippen LogP contribution in [0.25, 0.3) is 0 Å². The Morgan fingerprint density at radius 2 is 1.70 bits per heavy atom. The third-order valence-corrected chi connectivity index (χ3v) is 4.73. The second-order valence-corrected chi connectivity index (χ2v) is 7.32. The smallest absolute Gasteiger partial charge is 0.446 e. The van der Waals surface area contributed by atoms with Gasteiger partial charge in [0.15, 0.2) is 0 Å². The van der Waals surface area contributed by atoms with Gasteiger partial charge in [-0.25, -0.2) is 0 Å². The van der Waals surface area contributed by atoms with Gasteiger partial charge in [0, 0.05) is 36.5 Å². The summed E-state index contributed by atoms with van der Waals surface area (Å²) in [7, 11) is 3.03. The van der Waals surface area contributed by atoms with E-state index >= 15 is 0 Å². The number of amides is 1. The number of thioether (sulfide) groups is 1. The molecule has 1 amide bonds. The number of carbonyl (C=O) groups excluding carboxylic acids is 1. The third-order valence-electron chi connectivity index (χ3n) is 3.99. The van der Waals surface area contributed by atoms with Crippen molar-refractivity contribution in [1.82, 2.24) is 5.32 Å². The van der Waals surface area contributed by atoms with Crippen molar-refractivity contribution in [3.05, 3.63) is 47.5 Å². The first-order chi connectivity index (χ1) is 14.2. The van der Waals surface area contributed by atoms with Crippen LogP contribution in [0.2, 0.25) is 0 Å². The lowest BCUT2D eigenvalue weighted by Crippen LogP contribution is -2.22. The summed E-state index contributed by atoms with van der Waals surface area (Å²) < 4.78 is 53.8. The number of carbonyl (C=O) groups is 1. The Morgan fingerprint density at radius 3 is 2.20 bits per heavy atom. The fourth-order valence-electron chi connectivity index (χ4n) is 2.60. The molecule has 2 aromatic carbocycles. The van der Waals surface area contributed by atoms with Gasteiger partial charge in [-0.15, -0.1) is 0 Å². The molecule has 0 aliphatic carbocycles. The monoisotopic (exact) mass is 444 g/mol. The fraction of sp³-hybridized carbons (Fsp3) is 0.350. The summed E-state index contributed by atoms with van der Waals surface area (Å²) in [5.74, 6) is 1.16. The largest absolute Gasteiger partial charge is 0.496 e. The van der Waals surface area contributed by atoms with Gasteiger partial charge in [-0.1, -0.05) is 12.1 Å². The van der Waals surface area contributed by atoms with Gasteiger partial charge in [0.05, 0.1) is 19.8 Å². The highest BCUT2D eigenvalue weighted by Gasteiger charge is 2.29. The standard InChI is InChI=1S/C20H23F3N2O4S/c1-27-17-9-14(10-18(28-2)16(17)11-25-8-7-19(24)26)29-12-13-3-5-15(6-4-13)30-20(21,22)23/h3-6,9-10,25H,7-8,11-12H2,1-2H3,(H2,24,26). The summed E-state index contributed by atoms with van der Waals surface area (Å²) in [6.45, 7) is 0.986. The van der Waals surface area contributed by atoms with Gasteiger partial charge in [0.2, 0.25) is 5.91 Å². The second kappa shape index (κ2) is 11.0. The summed E-state index contributed by atoms with van der Waals surface area (Å²) >= 11 is -0.161. The van der Waals surface area contributed by atoms with Crippen molar-refractivity contribution in [2.45, 2.75) is 30.0 Å². The number of primary amides is 1. The van der Waals surface area contributed by atoms with E-state index in [4.69, 9.17) is 19.9 Å². The predicted molar refractivity (Wildman–Crippen MR) is 108 cm³/mol. The zero-order valence-corrected chi connectivity index (χ0v) is 17.4. The number of hydrogen-bond donors (Lipinski definition) is 2. The highest BCUT2D eigenvalue weighted by atomic mass is 32.2. The minimum atomic E-state index is -4.32. The van der Waals surface area contributed by atoms with Crippen LogP contribution in [-0.4, -0.2) is 32.2 Å². The van der Waals surface area contributed by atoms with Crippen molar-refractivity contribution < 1.29 is 32.2 Å². The van der Waals surface area contributed by atoms with E-state index in [9.17, 15) is 18.0 Å². The number of halogens is 3. The molecule has 10 heteroatoms. The van der Waals surface area contributed by atoms with Crippen LogP contribution in [0.1, 0.15) is 17.5 Å². The molecular formula is C20H23F3N2O4S. The Bertz CT molecular complexity index is 820. The molecule has 0 fully saturated rings. The maximum Gasteiger partial charge on any atom is 0.446 e. The van der Waals surface area contributed by atoms with Crippen molar-refractivity contribution in [2.75, 3.05) is 20.8 Å². The van der Waals surface area contributed by atoms with Crippen LogP contribution in [0.15, 0.2) is 41.3 Å². The summed E-state index contributed by atoms with van der Waals surface area (Å²) in [6.07, 6.45) is 0.214. The van der Waals surface area contributed by atoms with Gasteiger partial charge in [0.1, 0.15) is 23.9 Å². The normalized spacial score (nSPS) is 11.2. The molecule has 0 radical (unpaired) electrons. The van der Waals surface area contributed by atoms with E-state index in [1.807, 2.05) is 0 Å². The third kappa shape index (κ3) is 7.68. The van der Waals surface area contributed by atoms with Crippen LogP contribution in [-0.2, 0) is 17.9 Å². The van der Waals surface area contributed by atoms with Crippen LogP contribution in [0.4, 0.5) is 13.2 Å². The van der Waals surface area contributed by atoms with E-state index in [0.29, 0.717) is 30.3 Å². The van der Waals surface area contributed by atoms with E-state index in [-0.39, 0.29) is 29.7 Å². The Kier molecular flexibility index (Phi) is 8.67. The number of methoxy groups -OCH3 is 2. The van der Waals surface area contributed by atoms with Crippen molar-refractivity contribution in [1.29, 1.82) is 0 Å². The summed E-state index contributed by atoms with van der Waals surface area (Å²) in [5.41, 5.74) is 2.28. The zero-order valence-electron chi connectivity index (χ0n) is 16.5. The van der Waals surface area contributed by atoms with Crippen LogP contribution in [0.5, 0.6) is 17.2 Å². The van der Waals surface area contributed by atoms with E-state index in [1.54, 1.807) is 24.3 Å². The number of hydrogen-bond acceptors (Lipinski definition) is 6. The van der Waals surface area contributed by atoms with Crippen LogP contribution in [0, 0.1) is 0 Å². The molecule has 2 aromatic rings. The predicted octanol–water partition coefficient (Wildman–Crippen LogP) is 3.86. The number of nitrogens with one attached hydrogen (secondary N) is 1. The van der Waals surface area contributed by atoms with Crippen LogP contribution < -0.4 is 25.3 Å². The average molecular weight is 444 g/mol. The Morgan fingerprint density at radius 1 is 1.10 bits per heavy atom. The summed E-state index contributed by atoms with van der Waals surface area (Å²) in [5, 5.41) is 3.10. The maximum atomic E-state index is 12.4. The van der Waals surface area contributed by atoms with Gasteiger partial charge in [-0.05, 0) is 29.5 Å². The van der Waals surface area contributed by atoms with Gasteiger partial charge in [-0.2, -0.15) is 13.2 Å². The van der Waals surface area contributed by atoms with Crippen LogP contribution in [0.3, 0.4) is 0 Å². The average Bonchev–Trinajstić information content (AvgIpc) is 2.69. The van der Waals surface area contributed by atoms with E-state index in [2.05, 4.69) is 5.32 Å². The molecule has 0 saturated carbocycles. The second-order valence-electron chi connectivity index (χ2n) is 6.18. The SMILES string of the molecule is COc1cc(OCc2ccc(SC(F)(F)F)cc2)cc(OC)c1CNCCC(N)=O. The van der Waals surface area contributed by atoms with Crippen LogP contribution >= 0.6 is 11.8 Å². The summed E-state index contributed by atoms with van der Waals surface area (Å²) in [6, 6.07) is 9.36. The molecule has 0 aromatic heterocycles. The highest BCUT2D eigenvalue weighted by Crippen LogP contribution is 2.37. The van der Waals surface area contributed by atoms with Gasteiger partial charge in [0.25, 0.3) is 0 Å². The number of ether oxygens (including phenoxy) is 3. The maximum absolute atomic E-state index is 12.4. The Hall–Kier alpha value is -2.59. The molecule has 0 spiro atoms. The molecule has 0 saturated heterocycles. The minimum Gasteiger partial charge on any atom is -0.496 e. The van der Waals surface area contributed by atoms with Crippen molar-refractivity contribution in [3.63, 3.8) is 0 Å². The van der Waals surface area contributed by atoms with Gasteiger partial charge in [-0.3, -0.25) is 4.79 Å². The van der Waals surface area contributed by atoms with Gasteiger partial charge < -0.3 is 25.3 Å². The molecule has 0 atom stereocenters. The van der Waals surface area contributed by atoms with E-state index in [1.165, 1.54) is 26.4 Å². The minimum absolute atomic E-state index is 0.114. The fourth-order valence-corrected chi connectivity index (χ4v) is 3.14. The molecule has 0 aliphatic rings. The quantitative estimate of drug-likeness (QED) is 0.405. The first kappa shape index (κ1) is 23.7. The molecule has 6 nitrogen and oxygen atoms in total. The molecule has 0 unspecified atom stereocenters. The van der Waals surface area contributed by atoms with E-state index < -0.39 is 11.4 Å². The summed E-state index contributed by atoms with van der Waals surface area (Å²) in [4.78, 5) is 10.9. The number of rotatable bonds is 11. The van der Waals surface area contributed by atoms with E-state index in [0.717, 1.165) is 11.1 Å². The molecule has 0 heterocycles. The molecular weight excluding hydrogens is 421 g/mol. The molecule has 164 valence electrons. The molecule has 2 rings (SSSR count). The van der Waals surface area contributed by atoms with Gasteiger partial charge >= 0.3 is 5.51 Å². The Balaban J connectivity index is 2.04. The molecule has 3 N–H and O–H groups in total. The zero-order chi connectivity index (χ0) is 22.1. The molecule has 0 bridgehead atoms. The lowest BCUT2D eigenvalue weighted by Gasteiger charge is -2.16. The molecule has 0 aliphatic heterocycles. The van der Waals surface area contributed by atoms with Crippen molar-refractivity contribution in [2.24, 2.45) is 5.73 Å². The topological polar surface area (TPSA) is 82.8 Å². The Labute approximate surface area is 176 Å². The number of nitrogens with two attached hydrogens (primary N) is 1. The number of benzene rings is 2.